The highest BCUT2D eigenvalue weighted by atomic mass is 16.5. The first-order valence-electron chi connectivity index (χ1n) is 9.16. The number of urea groups is 1. The molecule has 2 heterocycles. The zero-order valence-corrected chi connectivity index (χ0v) is 16.2. The number of fused-ring (bicyclic) bond motifs is 2. The third-order valence-corrected chi connectivity index (χ3v) is 5.69. The molecule has 3 amide bonds. The highest BCUT2D eigenvalue weighted by molar-refractivity contribution is 6.08. The Morgan fingerprint density at radius 3 is 2.61 bits per heavy atom. The second-order valence-corrected chi connectivity index (χ2v) is 7.13. The van der Waals surface area contributed by atoms with Crippen molar-refractivity contribution in [2.45, 2.75) is 11.8 Å². The summed E-state index contributed by atoms with van der Waals surface area (Å²) in [5.41, 5.74) is 1.89. The number of hydrogen-bond donors (Lipinski definition) is 1. The van der Waals surface area contributed by atoms with Crippen LogP contribution < -0.4 is 19.7 Å². The lowest BCUT2D eigenvalue weighted by Crippen LogP contribution is -2.42. The molecule has 4 rings (SSSR count). The number of amides is 3. The van der Waals surface area contributed by atoms with E-state index in [1.54, 1.807) is 49.3 Å². The van der Waals surface area contributed by atoms with Crippen molar-refractivity contribution < 1.29 is 19.1 Å². The maximum atomic E-state index is 13.0. The average molecular weight is 381 g/mol. The van der Waals surface area contributed by atoms with Crippen LogP contribution in [-0.4, -0.2) is 51.2 Å². The molecule has 0 aromatic heterocycles. The third kappa shape index (κ3) is 2.66. The van der Waals surface area contributed by atoms with Gasteiger partial charge >= 0.3 is 6.03 Å². The Balaban J connectivity index is 1.54. The minimum Gasteiger partial charge on any atom is -0.493 e. The molecule has 0 saturated carbocycles. The van der Waals surface area contributed by atoms with Crippen molar-refractivity contribution in [1.82, 2.24) is 4.90 Å². The van der Waals surface area contributed by atoms with Crippen molar-refractivity contribution in [3.63, 3.8) is 0 Å². The van der Waals surface area contributed by atoms with E-state index in [0.29, 0.717) is 36.7 Å². The van der Waals surface area contributed by atoms with Gasteiger partial charge in [-0.3, -0.25) is 4.79 Å². The van der Waals surface area contributed by atoms with Gasteiger partial charge in [-0.25, -0.2) is 4.79 Å². The van der Waals surface area contributed by atoms with Gasteiger partial charge in [0.1, 0.15) is 0 Å². The Hall–Kier alpha value is -3.22. The highest BCUT2D eigenvalue weighted by Gasteiger charge is 2.54. The summed E-state index contributed by atoms with van der Waals surface area (Å²) in [5.74, 6) is 1.19. The molecule has 2 aromatic carbocycles. The molecule has 1 saturated heterocycles. The Kier molecular flexibility index (Phi) is 4.37. The van der Waals surface area contributed by atoms with E-state index in [1.807, 2.05) is 24.3 Å². The molecule has 1 fully saturated rings. The maximum absolute atomic E-state index is 13.0. The number of nitrogens with one attached hydrogen (secondary N) is 1. The monoisotopic (exact) mass is 381 g/mol. The van der Waals surface area contributed by atoms with E-state index in [-0.39, 0.29) is 11.9 Å². The SMILES string of the molecule is COc1ccc(NC(=O)N2CCC3(C2)C(=O)N(C)c2ccccc23)cc1OC. The predicted octanol–water partition coefficient (Wildman–Crippen LogP) is 2.86. The van der Waals surface area contributed by atoms with E-state index in [4.69, 9.17) is 9.47 Å². The number of benzene rings is 2. The minimum absolute atomic E-state index is 0.0510. The number of methoxy groups -OCH3 is 2. The molecule has 7 nitrogen and oxygen atoms in total. The van der Waals surface area contributed by atoms with Gasteiger partial charge in [-0.15, -0.1) is 0 Å². The molecular formula is C21H23N3O4. The van der Waals surface area contributed by atoms with E-state index in [0.717, 1.165) is 11.3 Å². The normalized spacial score (nSPS) is 20.5. The molecule has 1 spiro atoms. The van der Waals surface area contributed by atoms with Gasteiger partial charge in [0.15, 0.2) is 11.5 Å². The van der Waals surface area contributed by atoms with Crippen LogP contribution in [-0.2, 0) is 10.2 Å². The number of carbonyl (C=O) groups is 2. The second kappa shape index (κ2) is 6.74. The van der Waals surface area contributed by atoms with Gasteiger partial charge in [-0.1, -0.05) is 18.2 Å². The molecule has 0 aliphatic carbocycles. The smallest absolute Gasteiger partial charge is 0.321 e. The van der Waals surface area contributed by atoms with E-state index in [9.17, 15) is 9.59 Å². The van der Waals surface area contributed by atoms with Crippen LogP contribution >= 0.6 is 0 Å². The van der Waals surface area contributed by atoms with Crippen LogP contribution in [0.4, 0.5) is 16.2 Å². The molecule has 2 aliphatic heterocycles. The zero-order valence-electron chi connectivity index (χ0n) is 16.2. The Bertz CT molecular complexity index is 945. The quantitative estimate of drug-likeness (QED) is 0.888. The fourth-order valence-corrected chi connectivity index (χ4v) is 4.21. The van der Waals surface area contributed by atoms with Crippen LogP contribution in [0.3, 0.4) is 0 Å². The molecule has 28 heavy (non-hydrogen) atoms. The molecule has 1 unspecified atom stereocenters. The summed E-state index contributed by atoms with van der Waals surface area (Å²) >= 11 is 0. The van der Waals surface area contributed by atoms with Crippen molar-refractivity contribution in [2.75, 3.05) is 44.6 Å². The average Bonchev–Trinajstić information content (AvgIpc) is 3.26. The number of rotatable bonds is 3. The summed E-state index contributed by atoms with van der Waals surface area (Å²) < 4.78 is 10.5. The molecule has 0 radical (unpaired) electrons. The number of likely N-dealkylation sites (N-methyl/N-ethyl adjacent to an activating group) is 1. The van der Waals surface area contributed by atoms with E-state index < -0.39 is 5.41 Å². The van der Waals surface area contributed by atoms with Gasteiger partial charge in [-0.2, -0.15) is 0 Å². The number of ether oxygens (including phenoxy) is 2. The Morgan fingerprint density at radius 1 is 1.11 bits per heavy atom. The van der Waals surface area contributed by atoms with Crippen molar-refractivity contribution in [3.05, 3.63) is 48.0 Å². The van der Waals surface area contributed by atoms with Crippen LogP contribution in [0.2, 0.25) is 0 Å². The van der Waals surface area contributed by atoms with Gasteiger partial charge < -0.3 is 24.6 Å². The summed E-state index contributed by atoms with van der Waals surface area (Å²) in [4.78, 5) is 29.2. The van der Waals surface area contributed by atoms with Gasteiger partial charge in [-0.05, 0) is 30.2 Å². The number of para-hydroxylation sites is 1. The van der Waals surface area contributed by atoms with Gasteiger partial charge in [0.2, 0.25) is 5.91 Å². The molecule has 7 heteroatoms. The fourth-order valence-electron chi connectivity index (χ4n) is 4.21. The number of likely N-dealkylation sites (tertiary alicyclic amines) is 1. The minimum atomic E-state index is -0.652. The fraction of sp³-hybridized carbons (Fsp3) is 0.333. The number of nitrogens with zero attached hydrogens (tertiary/aromatic N) is 2. The Labute approximate surface area is 163 Å². The first-order valence-corrected chi connectivity index (χ1v) is 9.16. The van der Waals surface area contributed by atoms with E-state index >= 15 is 0 Å². The molecule has 1 atom stereocenters. The highest BCUT2D eigenvalue weighted by Crippen LogP contribution is 2.46. The number of hydrogen-bond acceptors (Lipinski definition) is 4. The van der Waals surface area contributed by atoms with Crippen LogP contribution in [0, 0.1) is 0 Å². The lowest BCUT2D eigenvalue weighted by Gasteiger charge is -2.23. The number of carbonyl (C=O) groups excluding carboxylic acids is 2. The molecular weight excluding hydrogens is 358 g/mol. The molecule has 2 aromatic rings. The van der Waals surface area contributed by atoms with Crippen molar-refractivity contribution in [3.8, 4) is 11.5 Å². The van der Waals surface area contributed by atoms with E-state index in [1.165, 1.54) is 0 Å². The lowest BCUT2D eigenvalue weighted by molar-refractivity contribution is -0.122. The van der Waals surface area contributed by atoms with E-state index in [2.05, 4.69) is 5.32 Å². The van der Waals surface area contributed by atoms with Gasteiger partial charge in [0.25, 0.3) is 0 Å². The zero-order chi connectivity index (χ0) is 19.9. The third-order valence-electron chi connectivity index (χ3n) is 5.69. The summed E-state index contributed by atoms with van der Waals surface area (Å²) in [5, 5.41) is 2.89. The number of anilines is 2. The molecule has 0 bridgehead atoms. The second-order valence-electron chi connectivity index (χ2n) is 7.13. The first-order chi connectivity index (χ1) is 13.5. The summed E-state index contributed by atoms with van der Waals surface area (Å²) in [6.07, 6.45) is 0.618. The van der Waals surface area contributed by atoms with Crippen LogP contribution in [0.5, 0.6) is 11.5 Å². The lowest BCUT2D eigenvalue weighted by atomic mass is 9.81. The maximum Gasteiger partial charge on any atom is 0.321 e. The van der Waals surface area contributed by atoms with Crippen molar-refractivity contribution >= 4 is 23.3 Å². The largest absolute Gasteiger partial charge is 0.493 e. The van der Waals surface area contributed by atoms with Crippen LogP contribution in [0.1, 0.15) is 12.0 Å². The first kappa shape index (κ1) is 18.2. The standard InChI is InChI=1S/C21H23N3O4/c1-23-16-7-5-4-6-15(16)21(19(23)25)10-11-24(13-21)20(26)22-14-8-9-17(27-2)18(12-14)28-3/h4-9,12H,10-11,13H2,1-3H3,(H,22,26). The summed E-state index contributed by atoms with van der Waals surface area (Å²) in [6, 6.07) is 12.8. The van der Waals surface area contributed by atoms with Crippen molar-refractivity contribution in [1.29, 1.82) is 0 Å². The Morgan fingerprint density at radius 2 is 1.86 bits per heavy atom. The van der Waals surface area contributed by atoms with Crippen LogP contribution in [0.25, 0.3) is 0 Å². The summed E-state index contributed by atoms with van der Waals surface area (Å²) in [6.45, 7) is 0.888. The predicted molar refractivity (Wildman–Crippen MR) is 106 cm³/mol. The van der Waals surface area contributed by atoms with Gasteiger partial charge in [0, 0.05) is 37.6 Å². The molecule has 2 aliphatic rings. The van der Waals surface area contributed by atoms with Gasteiger partial charge in [0.05, 0.1) is 19.6 Å². The van der Waals surface area contributed by atoms with Crippen LogP contribution in [0.15, 0.2) is 42.5 Å². The molecule has 146 valence electrons. The summed E-state index contributed by atoms with van der Waals surface area (Å²) in [7, 11) is 4.91. The van der Waals surface area contributed by atoms with Crippen molar-refractivity contribution in [2.24, 2.45) is 0 Å². The molecule has 1 N–H and O–H groups in total. The topological polar surface area (TPSA) is 71.1 Å².